The summed E-state index contributed by atoms with van der Waals surface area (Å²) in [5, 5.41) is 18.3. The number of hydrogen-bond donors (Lipinski definition) is 2. The first-order chi connectivity index (χ1) is 20.6. The summed E-state index contributed by atoms with van der Waals surface area (Å²) < 4.78 is 16.5. The van der Waals surface area contributed by atoms with Crippen LogP contribution in [0.2, 0.25) is 0 Å². The van der Waals surface area contributed by atoms with Crippen molar-refractivity contribution in [3.63, 3.8) is 0 Å². The van der Waals surface area contributed by atoms with E-state index in [-0.39, 0.29) is 49.6 Å². The van der Waals surface area contributed by atoms with Crippen LogP contribution in [0.1, 0.15) is 99.3 Å². The van der Waals surface area contributed by atoms with E-state index in [0.717, 1.165) is 38.5 Å². The Morgan fingerprint density at radius 3 is 2.14 bits per heavy atom. The van der Waals surface area contributed by atoms with Crippen LogP contribution < -0.4 is 0 Å². The Morgan fingerprint density at radius 1 is 0.841 bits per heavy atom. The van der Waals surface area contributed by atoms with Gasteiger partial charge in [-0.3, -0.25) is 14.5 Å². The Labute approximate surface area is 262 Å². The average Bonchev–Trinajstić information content (AvgIpc) is 3.29. The number of ether oxygens (including phenoxy) is 3. The predicted octanol–water partition coefficient (Wildman–Crippen LogP) is 3.69. The van der Waals surface area contributed by atoms with Gasteiger partial charge < -0.3 is 24.4 Å². The van der Waals surface area contributed by atoms with E-state index in [2.05, 4.69) is 13.8 Å². The number of carbonyl (C=O) groups is 4. The Hall–Kier alpha value is -2.04. The van der Waals surface area contributed by atoms with Gasteiger partial charge in [0.1, 0.15) is 11.4 Å². The highest BCUT2D eigenvalue weighted by molar-refractivity contribution is 5.85. The number of aliphatic hydroxyl groups is 2. The number of ketones is 1. The molecule has 10 heteroatoms. The van der Waals surface area contributed by atoms with Crippen molar-refractivity contribution >= 4 is 23.7 Å². The van der Waals surface area contributed by atoms with Gasteiger partial charge in [0, 0.05) is 19.0 Å². The lowest BCUT2D eigenvalue weighted by atomic mass is 9.44. The third-order valence-electron chi connectivity index (χ3n) is 12.2. The topological polar surface area (TPSA) is 140 Å². The summed E-state index contributed by atoms with van der Waals surface area (Å²) in [7, 11) is 0. The number of fused-ring (bicyclic) bond motifs is 5. The summed E-state index contributed by atoms with van der Waals surface area (Å²) in [6.45, 7) is 10.6. The highest BCUT2D eigenvalue weighted by Crippen LogP contribution is 2.68. The van der Waals surface area contributed by atoms with Crippen molar-refractivity contribution in [3.05, 3.63) is 0 Å². The molecule has 0 aromatic rings. The van der Waals surface area contributed by atoms with Crippen LogP contribution in [0.4, 0.5) is 0 Å². The number of aliphatic hydroxyl groups excluding tert-OH is 2. The van der Waals surface area contributed by atoms with Crippen molar-refractivity contribution in [3.8, 4) is 0 Å². The molecule has 0 aromatic carbocycles. The van der Waals surface area contributed by atoms with E-state index in [1.807, 2.05) is 6.92 Å². The number of carbonyl (C=O) groups excluding carboxylic acids is 4. The number of hydrogen-bond acceptors (Lipinski definition) is 10. The summed E-state index contributed by atoms with van der Waals surface area (Å²) in [5.74, 6) is 0.745. The van der Waals surface area contributed by atoms with Gasteiger partial charge in [0.25, 0.3) is 0 Å². The zero-order valence-electron chi connectivity index (χ0n) is 27.7. The molecular weight excluding hydrogens is 566 g/mol. The first kappa shape index (κ1) is 34.8. The molecule has 0 heterocycles. The molecule has 0 unspecified atom stereocenters. The Bertz CT molecular complexity index is 1090. The predicted molar refractivity (Wildman–Crippen MR) is 162 cm³/mol. The Kier molecular flexibility index (Phi) is 10.6. The summed E-state index contributed by atoms with van der Waals surface area (Å²) in [6, 6.07) is 0. The maximum absolute atomic E-state index is 12.9. The molecule has 0 amide bonds. The second kappa shape index (κ2) is 13.4. The molecule has 8 atom stereocenters. The molecule has 0 aromatic heterocycles. The highest BCUT2D eigenvalue weighted by atomic mass is 16.6. The van der Waals surface area contributed by atoms with Crippen LogP contribution in [0.25, 0.3) is 0 Å². The fraction of sp³-hybridized carbons (Fsp3) is 0.882. The smallest absolute Gasteiger partial charge is 0.350 e. The fourth-order valence-electron chi connectivity index (χ4n) is 9.87. The fourth-order valence-corrected chi connectivity index (χ4v) is 9.87. The molecule has 4 fully saturated rings. The van der Waals surface area contributed by atoms with E-state index in [9.17, 15) is 19.2 Å². The minimum absolute atomic E-state index is 0.138. The van der Waals surface area contributed by atoms with E-state index < -0.39 is 35.7 Å². The molecule has 0 bridgehead atoms. The molecule has 4 saturated carbocycles. The molecular formula is C34H55NO9. The van der Waals surface area contributed by atoms with Crippen molar-refractivity contribution < 1.29 is 43.6 Å². The zero-order valence-corrected chi connectivity index (χ0v) is 27.7. The van der Waals surface area contributed by atoms with Gasteiger partial charge in [-0.15, -0.1) is 0 Å². The van der Waals surface area contributed by atoms with Crippen molar-refractivity contribution in [2.75, 3.05) is 39.5 Å². The summed E-state index contributed by atoms with van der Waals surface area (Å²) in [6.07, 6.45) is 9.28. The molecule has 10 nitrogen and oxygen atoms in total. The number of nitrogens with zero attached hydrogens (tertiary/aromatic N) is 1. The van der Waals surface area contributed by atoms with Crippen LogP contribution in [0, 0.1) is 40.4 Å². The van der Waals surface area contributed by atoms with Gasteiger partial charge >= 0.3 is 17.9 Å². The highest BCUT2D eigenvalue weighted by Gasteiger charge is 2.62. The van der Waals surface area contributed by atoms with Crippen LogP contribution >= 0.6 is 0 Å². The Morgan fingerprint density at radius 2 is 1.50 bits per heavy atom. The summed E-state index contributed by atoms with van der Waals surface area (Å²) >= 11 is 0. The van der Waals surface area contributed by atoms with E-state index in [0.29, 0.717) is 29.5 Å². The minimum Gasteiger partial charge on any atom is -0.457 e. The van der Waals surface area contributed by atoms with Gasteiger partial charge in [-0.25, -0.2) is 9.59 Å². The van der Waals surface area contributed by atoms with Crippen LogP contribution in [0.3, 0.4) is 0 Å². The third kappa shape index (κ3) is 7.02. The lowest BCUT2D eigenvalue weighted by molar-refractivity contribution is -0.191. The maximum Gasteiger partial charge on any atom is 0.350 e. The summed E-state index contributed by atoms with van der Waals surface area (Å²) in [5.41, 5.74) is -1.94. The minimum atomic E-state index is -1.63. The molecule has 4 rings (SSSR count). The van der Waals surface area contributed by atoms with Crippen molar-refractivity contribution in [2.24, 2.45) is 40.4 Å². The van der Waals surface area contributed by atoms with Gasteiger partial charge in [0.15, 0.2) is 6.61 Å². The van der Waals surface area contributed by atoms with Crippen molar-refractivity contribution in [1.29, 1.82) is 0 Å². The van der Waals surface area contributed by atoms with Gasteiger partial charge in [-0.1, -0.05) is 13.8 Å². The van der Waals surface area contributed by atoms with Crippen molar-refractivity contribution in [2.45, 2.75) is 111 Å². The lowest BCUT2D eigenvalue weighted by Gasteiger charge is -2.62. The van der Waals surface area contributed by atoms with Crippen LogP contribution in [-0.2, 0) is 33.4 Å². The molecule has 0 spiro atoms. The quantitative estimate of drug-likeness (QED) is 0.245. The van der Waals surface area contributed by atoms with Gasteiger partial charge in [0.2, 0.25) is 5.60 Å². The van der Waals surface area contributed by atoms with E-state index in [1.165, 1.54) is 38.0 Å². The molecule has 4 aliphatic carbocycles. The van der Waals surface area contributed by atoms with E-state index >= 15 is 0 Å². The van der Waals surface area contributed by atoms with E-state index in [1.54, 1.807) is 6.92 Å². The molecule has 44 heavy (non-hydrogen) atoms. The molecule has 250 valence electrons. The molecule has 0 radical (unpaired) electrons. The summed E-state index contributed by atoms with van der Waals surface area (Å²) in [4.78, 5) is 51.9. The normalized spacial score (nSPS) is 36.5. The molecule has 4 aliphatic rings. The first-order valence-electron chi connectivity index (χ1n) is 16.6. The zero-order chi connectivity index (χ0) is 32.5. The lowest BCUT2D eigenvalue weighted by Crippen LogP contribution is -2.56. The second-order valence-corrected chi connectivity index (χ2v) is 15.4. The van der Waals surface area contributed by atoms with Gasteiger partial charge in [-0.2, -0.15) is 0 Å². The molecule has 2 N–H and O–H groups in total. The largest absolute Gasteiger partial charge is 0.457 e. The molecule has 0 aliphatic heterocycles. The third-order valence-corrected chi connectivity index (χ3v) is 12.2. The average molecular weight is 622 g/mol. The van der Waals surface area contributed by atoms with Crippen LogP contribution in [-0.4, -0.2) is 89.5 Å². The second-order valence-electron chi connectivity index (χ2n) is 15.4. The van der Waals surface area contributed by atoms with E-state index in [4.69, 9.17) is 24.4 Å². The number of rotatable bonds is 12. The van der Waals surface area contributed by atoms with Crippen molar-refractivity contribution in [1.82, 2.24) is 4.90 Å². The van der Waals surface area contributed by atoms with Crippen LogP contribution in [0.5, 0.6) is 0 Å². The van der Waals surface area contributed by atoms with Gasteiger partial charge in [0.05, 0.1) is 19.8 Å². The molecule has 0 saturated heterocycles. The number of esters is 3. The van der Waals surface area contributed by atoms with Gasteiger partial charge in [-0.05, 0) is 120 Å². The Balaban J connectivity index is 1.29. The maximum atomic E-state index is 12.9. The standard InChI is InChI=1S/C34H55NO9/c1-22(38)25-9-10-26-24-8-7-23-19-32(4,13-14-33(23,5)27(24)11-12-34(25,26)6)44-29(40)21-42-30(41)31(2,3)43-28(39)20-35(15-17-36)16-18-37/h23-27,36-37H,7-21H2,1-6H3/t23-,24-,25+,26-,27-,32+,33-,34+/m0/s1. The number of Topliss-reactive ketones (excluding diaryl/α,β-unsaturated/α-hetero) is 1. The first-order valence-corrected chi connectivity index (χ1v) is 16.6. The SMILES string of the molecule is CC(=O)[C@H]1CC[C@H]2[C@@H]3CC[C@H]4C[C@](C)(OC(=O)COC(=O)C(C)(C)OC(=O)CN(CCO)CCO)CC[C@]4(C)[C@H]3CC[C@]12C. The van der Waals surface area contributed by atoms with Crippen LogP contribution in [0.15, 0.2) is 0 Å². The monoisotopic (exact) mass is 621 g/mol.